The van der Waals surface area contributed by atoms with Crippen molar-refractivity contribution in [1.82, 2.24) is 14.8 Å². The van der Waals surface area contributed by atoms with E-state index in [0.717, 1.165) is 0 Å². The molecule has 1 aromatic carbocycles. The third kappa shape index (κ3) is 4.38. The second kappa shape index (κ2) is 8.77. The predicted octanol–water partition coefficient (Wildman–Crippen LogP) is 6.36. The fourth-order valence-corrected chi connectivity index (χ4v) is 2.72. The van der Waals surface area contributed by atoms with Crippen LogP contribution in [0.3, 0.4) is 0 Å². The Morgan fingerprint density at radius 2 is 1.86 bits per heavy atom. The van der Waals surface area contributed by atoms with Crippen molar-refractivity contribution in [1.29, 1.82) is 0 Å². The number of fused-ring (bicyclic) bond motifs is 1. The topological polar surface area (TPSA) is 39.9 Å². The van der Waals surface area contributed by atoms with Crippen molar-refractivity contribution in [2.45, 2.75) is 40.3 Å². The van der Waals surface area contributed by atoms with E-state index in [1.54, 1.807) is 19.9 Å². The minimum Gasteiger partial charge on any atom is -0.490 e. The van der Waals surface area contributed by atoms with Crippen molar-refractivity contribution >= 4 is 22.5 Å². The van der Waals surface area contributed by atoms with Gasteiger partial charge in [0, 0.05) is 11.5 Å². The van der Waals surface area contributed by atoms with Crippen LogP contribution >= 0.6 is 11.6 Å². The van der Waals surface area contributed by atoms with Crippen LogP contribution < -0.4 is 4.74 Å². The first kappa shape index (κ1) is 21.9. The minimum atomic E-state index is -4.87. The zero-order valence-electron chi connectivity index (χ0n) is 15.9. The highest BCUT2D eigenvalue weighted by molar-refractivity contribution is 6.30. The van der Waals surface area contributed by atoms with E-state index in [1.165, 1.54) is 16.9 Å². The average molecular weight is 418 g/mol. The van der Waals surface area contributed by atoms with Crippen LogP contribution in [0.4, 0.5) is 17.6 Å². The number of halogens is 5. The highest BCUT2D eigenvalue weighted by atomic mass is 35.5. The number of hydrogen-bond donors (Lipinski definition) is 0. The van der Waals surface area contributed by atoms with Crippen molar-refractivity contribution in [3.8, 4) is 11.4 Å². The summed E-state index contributed by atoms with van der Waals surface area (Å²) in [6.45, 7) is 7.55. The van der Waals surface area contributed by atoms with Gasteiger partial charge in [-0.25, -0.2) is 14.1 Å². The van der Waals surface area contributed by atoms with Gasteiger partial charge < -0.3 is 4.74 Å². The summed E-state index contributed by atoms with van der Waals surface area (Å²) in [5, 5.41) is 5.12. The Bertz CT molecular complexity index is 970. The molecule has 0 aliphatic rings. The van der Waals surface area contributed by atoms with Gasteiger partial charge in [0.1, 0.15) is 5.15 Å². The van der Waals surface area contributed by atoms with E-state index in [0.29, 0.717) is 29.1 Å². The van der Waals surface area contributed by atoms with E-state index in [9.17, 15) is 17.6 Å². The molecule has 0 N–H and O–H groups in total. The second-order valence-corrected chi connectivity index (χ2v) is 6.06. The van der Waals surface area contributed by atoms with Crippen LogP contribution in [0.1, 0.15) is 38.4 Å². The van der Waals surface area contributed by atoms with E-state index in [1.807, 2.05) is 13.8 Å². The zero-order valence-corrected chi connectivity index (χ0v) is 16.6. The van der Waals surface area contributed by atoms with E-state index in [2.05, 4.69) is 10.1 Å². The van der Waals surface area contributed by atoms with Gasteiger partial charge in [0.2, 0.25) is 0 Å². The molecule has 0 aliphatic heterocycles. The molecule has 4 nitrogen and oxygen atoms in total. The molecule has 0 amide bonds. The molecule has 0 bridgehead atoms. The maximum Gasteiger partial charge on any atom is 0.419 e. The number of aromatic nitrogens is 3. The van der Waals surface area contributed by atoms with Crippen molar-refractivity contribution in [3.63, 3.8) is 0 Å². The monoisotopic (exact) mass is 417 g/mol. The Hall–Kier alpha value is -2.35. The average Bonchev–Trinajstić information content (AvgIpc) is 2.97. The molecule has 0 atom stereocenters. The Labute approximate surface area is 165 Å². The number of rotatable bonds is 4. The lowest BCUT2D eigenvalue weighted by Gasteiger charge is -2.15. The Morgan fingerprint density at radius 1 is 1.18 bits per heavy atom. The molecule has 0 fully saturated rings. The van der Waals surface area contributed by atoms with Gasteiger partial charge in [-0.1, -0.05) is 32.4 Å². The summed E-state index contributed by atoms with van der Waals surface area (Å²) in [5.41, 5.74) is -0.386. The zero-order chi connectivity index (χ0) is 21.1. The van der Waals surface area contributed by atoms with Crippen LogP contribution in [0, 0.1) is 12.7 Å². The molecule has 0 saturated carbocycles. The first-order valence-electron chi connectivity index (χ1n) is 8.77. The smallest absolute Gasteiger partial charge is 0.419 e. The summed E-state index contributed by atoms with van der Waals surface area (Å²) in [5.74, 6) is -1.91. The standard InChI is InChI=1S/C17H14ClF4N3O.C2H6/c1-3-4-26-14-6-10(5-12(16(14)19)17(20,21)22)25-13-8-23-15(18)7-11(13)9(2)24-25;1-2/h5-8H,3-4H2,1-2H3;1-2H3. The number of pyridine rings is 1. The number of alkyl halides is 3. The van der Waals surface area contributed by atoms with E-state index < -0.39 is 23.3 Å². The number of aryl methyl sites for hydroxylation is 1. The van der Waals surface area contributed by atoms with Crippen LogP contribution in [0.25, 0.3) is 16.6 Å². The molecule has 2 heterocycles. The molecule has 0 radical (unpaired) electrons. The van der Waals surface area contributed by atoms with Gasteiger partial charge in [-0.3, -0.25) is 0 Å². The Kier molecular flexibility index (Phi) is 6.87. The van der Waals surface area contributed by atoms with Gasteiger partial charge in [-0.05, 0) is 25.5 Å². The molecular formula is C19H20ClF4N3O. The van der Waals surface area contributed by atoms with Crippen LogP contribution in [0.2, 0.25) is 5.15 Å². The summed E-state index contributed by atoms with van der Waals surface area (Å²) in [7, 11) is 0. The Balaban J connectivity index is 0.00000136. The van der Waals surface area contributed by atoms with Gasteiger partial charge in [0.05, 0.1) is 35.3 Å². The highest BCUT2D eigenvalue weighted by Gasteiger charge is 2.36. The predicted molar refractivity (Wildman–Crippen MR) is 101 cm³/mol. The third-order valence-corrected chi connectivity index (χ3v) is 3.96. The van der Waals surface area contributed by atoms with Crippen molar-refractivity contribution in [2.75, 3.05) is 6.61 Å². The SMILES string of the molecule is CC.CCCOc1cc(-n2nc(C)c3cc(Cl)ncc32)cc(C(F)(F)F)c1F. The van der Waals surface area contributed by atoms with Crippen molar-refractivity contribution in [2.24, 2.45) is 0 Å². The van der Waals surface area contributed by atoms with Crippen LogP contribution in [-0.4, -0.2) is 21.4 Å². The Morgan fingerprint density at radius 3 is 2.46 bits per heavy atom. The summed E-state index contributed by atoms with van der Waals surface area (Å²) in [6, 6.07) is 3.47. The van der Waals surface area contributed by atoms with Gasteiger partial charge in [0.25, 0.3) is 0 Å². The van der Waals surface area contributed by atoms with E-state index in [-0.39, 0.29) is 17.4 Å². The van der Waals surface area contributed by atoms with Gasteiger partial charge in [-0.2, -0.15) is 18.3 Å². The molecule has 0 aliphatic carbocycles. The highest BCUT2D eigenvalue weighted by Crippen LogP contribution is 2.37. The third-order valence-electron chi connectivity index (χ3n) is 3.75. The fourth-order valence-electron chi connectivity index (χ4n) is 2.56. The first-order chi connectivity index (χ1) is 13.2. The summed E-state index contributed by atoms with van der Waals surface area (Å²) in [6.07, 6.45) is -2.94. The molecule has 0 spiro atoms. The number of ether oxygens (including phenoxy) is 1. The number of hydrogen-bond acceptors (Lipinski definition) is 3. The number of benzene rings is 1. The number of nitrogens with zero attached hydrogens (tertiary/aromatic N) is 3. The van der Waals surface area contributed by atoms with Gasteiger partial charge in [0.15, 0.2) is 11.6 Å². The molecule has 152 valence electrons. The molecule has 2 aromatic heterocycles. The molecule has 9 heteroatoms. The minimum absolute atomic E-state index is 0.0204. The lowest BCUT2D eigenvalue weighted by molar-refractivity contribution is -0.140. The maximum atomic E-state index is 14.3. The summed E-state index contributed by atoms with van der Waals surface area (Å²) < 4.78 is 60.5. The van der Waals surface area contributed by atoms with Crippen molar-refractivity contribution < 1.29 is 22.3 Å². The molecule has 0 unspecified atom stereocenters. The van der Waals surface area contributed by atoms with E-state index >= 15 is 0 Å². The maximum absolute atomic E-state index is 14.3. The molecule has 3 rings (SSSR count). The molecule has 0 saturated heterocycles. The van der Waals surface area contributed by atoms with Crippen LogP contribution in [-0.2, 0) is 6.18 Å². The fraction of sp³-hybridized carbons (Fsp3) is 0.368. The first-order valence-corrected chi connectivity index (χ1v) is 9.15. The quantitative estimate of drug-likeness (QED) is 0.366. The van der Waals surface area contributed by atoms with Crippen LogP contribution in [0.5, 0.6) is 5.75 Å². The van der Waals surface area contributed by atoms with E-state index in [4.69, 9.17) is 16.3 Å². The molecule has 28 heavy (non-hydrogen) atoms. The second-order valence-electron chi connectivity index (χ2n) is 5.67. The lowest BCUT2D eigenvalue weighted by atomic mass is 10.1. The van der Waals surface area contributed by atoms with Crippen LogP contribution in [0.15, 0.2) is 24.4 Å². The normalized spacial score (nSPS) is 11.3. The molecular weight excluding hydrogens is 398 g/mol. The largest absolute Gasteiger partial charge is 0.490 e. The summed E-state index contributed by atoms with van der Waals surface area (Å²) >= 11 is 5.87. The van der Waals surface area contributed by atoms with Gasteiger partial charge >= 0.3 is 6.18 Å². The van der Waals surface area contributed by atoms with Gasteiger partial charge in [-0.15, -0.1) is 0 Å². The van der Waals surface area contributed by atoms with Crippen molar-refractivity contribution in [3.05, 3.63) is 46.6 Å². The lowest BCUT2D eigenvalue weighted by Crippen LogP contribution is -2.12. The summed E-state index contributed by atoms with van der Waals surface area (Å²) in [4.78, 5) is 3.94. The molecule has 3 aromatic rings.